The molecule has 0 saturated heterocycles. The molecule has 1 aromatic heterocycles. The Labute approximate surface area is 208 Å². The molecule has 34 heavy (non-hydrogen) atoms. The number of rotatable bonds is 8. The van der Waals surface area contributed by atoms with Gasteiger partial charge in [0.15, 0.2) is 0 Å². The monoisotopic (exact) mass is 522 g/mol. The highest BCUT2D eigenvalue weighted by Gasteiger charge is 2.42. The lowest BCUT2D eigenvalue weighted by molar-refractivity contribution is 0.00375. The van der Waals surface area contributed by atoms with Crippen LogP contribution in [0.3, 0.4) is 0 Å². The topological polar surface area (TPSA) is 45.6 Å². The molecule has 0 aliphatic heterocycles. The summed E-state index contributed by atoms with van der Waals surface area (Å²) in [5, 5.41) is 13.4. The fourth-order valence-electron chi connectivity index (χ4n) is 4.46. The number of hydrogen-bond donors (Lipinski definition) is 1. The van der Waals surface area contributed by atoms with Crippen LogP contribution in [-0.2, 0) is 5.60 Å². The molecule has 4 nitrogen and oxygen atoms in total. The third kappa shape index (κ3) is 4.99. The molecule has 0 amide bonds. The molecule has 6 heteroatoms. The van der Waals surface area contributed by atoms with Crippen molar-refractivity contribution >= 4 is 26.8 Å². The van der Waals surface area contributed by atoms with E-state index in [1.165, 1.54) is 12.1 Å². The number of hydrogen-bond acceptors (Lipinski definition) is 4. The second kappa shape index (κ2) is 10.2. The molecule has 0 radical (unpaired) electrons. The number of benzene rings is 3. The third-order valence-electron chi connectivity index (χ3n) is 6.17. The zero-order valence-corrected chi connectivity index (χ0v) is 21.1. The van der Waals surface area contributed by atoms with Crippen molar-refractivity contribution < 1.29 is 14.2 Å². The summed E-state index contributed by atoms with van der Waals surface area (Å²) in [5.41, 5.74) is 1.77. The number of aromatic nitrogens is 1. The molecule has 3 aromatic carbocycles. The van der Waals surface area contributed by atoms with Crippen molar-refractivity contribution in [1.82, 2.24) is 9.88 Å². The largest absolute Gasteiger partial charge is 0.481 e. The van der Waals surface area contributed by atoms with Gasteiger partial charge in [-0.25, -0.2) is 9.37 Å². The lowest BCUT2D eigenvalue weighted by Crippen LogP contribution is -2.37. The highest BCUT2D eigenvalue weighted by atomic mass is 79.9. The molecule has 2 unspecified atom stereocenters. The maximum Gasteiger partial charge on any atom is 0.217 e. The number of aliphatic hydroxyl groups is 1. The first-order valence-corrected chi connectivity index (χ1v) is 11.9. The van der Waals surface area contributed by atoms with Gasteiger partial charge in [0.2, 0.25) is 5.88 Å². The first-order valence-electron chi connectivity index (χ1n) is 11.1. The van der Waals surface area contributed by atoms with E-state index in [1.54, 1.807) is 19.2 Å². The molecule has 2 atom stereocenters. The molecule has 4 aromatic rings. The van der Waals surface area contributed by atoms with E-state index >= 15 is 0 Å². The molecule has 0 aliphatic rings. The summed E-state index contributed by atoms with van der Waals surface area (Å²) in [5.74, 6) is -0.399. The summed E-state index contributed by atoms with van der Waals surface area (Å²) in [6.45, 7) is 0.631. The first kappa shape index (κ1) is 24.3. The van der Waals surface area contributed by atoms with Crippen molar-refractivity contribution in [2.45, 2.75) is 17.9 Å². The molecule has 1 N–H and O–H groups in total. The molecule has 4 rings (SSSR count). The molecular formula is C28H28BrFN2O2. The summed E-state index contributed by atoms with van der Waals surface area (Å²) >= 11 is 3.55. The van der Waals surface area contributed by atoms with Crippen molar-refractivity contribution in [2.24, 2.45) is 0 Å². The summed E-state index contributed by atoms with van der Waals surface area (Å²) in [4.78, 5) is 6.80. The quantitative estimate of drug-likeness (QED) is 0.303. The summed E-state index contributed by atoms with van der Waals surface area (Å²) in [6, 6.07) is 23.9. The summed E-state index contributed by atoms with van der Waals surface area (Å²) < 4.78 is 20.5. The number of fused-ring (bicyclic) bond motifs is 1. The Bertz CT molecular complexity index is 1260. The second-order valence-corrected chi connectivity index (χ2v) is 9.67. The van der Waals surface area contributed by atoms with Gasteiger partial charge in [-0.1, -0.05) is 58.4 Å². The van der Waals surface area contributed by atoms with E-state index in [4.69, 9.17) is 9.72 Å². The maximum atomic E-state index is 13.8. The van der Waals surface area contributed by atoms with Crippen LogP contribution in [0.15, 0.2) is 83.3 Å². The Morgan fingerprint density at radius 1 is 1.03 bits per heavy atom. The van der Waals surface area contributed by atoms with E-state index in [9.17, 15) is 9.50 Å². The van der Waals surface area contributed by atoms with Gasteiger partial charge in [-0.3, -0.25) is 0 Å². The van der Waals surface area contributed by atoms with Gasteiger partial charge < -0.3 is 14.7 Å². The van der Waals surface area contributed by atoms with Crippen LogP contribution in [0.4, 0.5) is 4.39 Å². The Balaban J connectivity index is 2.01. The Morgan fingerprint density at radius 3 is 2.38 bits per heavy atom. The summed E-state index contributed by atoms with van der Waals surface area (Å²) in [6.07, 6.45) is 0.421. The van der Waals surface area contributed by atoms with Crippen molar-refractivity contribution in [3.63, 3.8) is 0 Å². The van der Waals surface area contributed by atoms with Crippen LogP contribution >= 0.6 is 15.9 Å². The SMILES string of the molecule is COc1nc2ccc(Br)cc2cc1C(c1ccccc1)C(O)(CCN(C)C)c1ccc(F)cc1. The van der Waals surface area contributed by atoms with Gasteiger partial charge >= 0.3 is 0 Å². The number of nitrogens with zero attached hydrogens (tertiary/aromatic N) is 2. The Morgan fingerprint density at radius 2 is 1.74 bits per heavy atom. The molecular weight excluding hydrogens is 495 g/mol. The summed E-state index contributed by atoms with van der Waals surface area (Å²) in [7, 11) is 5.53. The Kier molecular flexibility index (Phi) is 7.31. The van der Waals surface area contributed by atoms with E-state index in [2.05, 4.69) is 15.9 Å². The minimum Gasteiger partial charge on any atom is -0.481 e. The molecule has 0 fully saturated rings. The zero-order valence-electron chi connectivity index (χ0n) is 19.5. The average Bonchev–Trinajstić information content (AvgIpc) is 2.83. The van der Waals surface area contributed by atoms with Gasteiger partial charge in [0, 0.05) is 27.9 Å². The predicted octanol–water partition coefficient (Wildman–Crippen LogP) is 6.12. The second-order valence-electron chi connectivity index (χ2n) is 8.75. The molecule has 0 saturated carbocycles. The van der Waals surface area contributed by atoms with E-state index < -0.39 is 11.5 Å². The number of pyridine rings is 1. The van der Waals surface area contributed by atoms with E-state index in [0.29, 0.717) is 24.4 Å². The van der Waals surface area contributed by atoms with Crippen LogP contribution < -0.4 is 4.74 Å². The molecule has 176 valence electrons. The highest BCUT2D eigenvalue weighted by molar-refractivity contribution is 9.10. The van der Waals surface area contributed by atoms with E-state index in [1.807, 2.05) is 73.6 Å². The van der Waals surface area contributed by atoms with E-state index in [0.717, 1.165) is 26.5 Å². The van der Waals surface area contributed by atoms with Crippen LogP contribution in [0.2, 0.25) is 0 Å². The van der Waals surface area contributed by atoms with Crippen LogP contribution in [0.25, 0.3) is 10.9 Å². The minimum atomic E-state index is -1.35. The van der Waals surface area contributed by atoms with Gasteiger partial charge in [-0.05, 0) is 68.0 Å². The van der Waals surface area contributed by atoms with Crippen molar-refractivity contribution in [3.05, 3.63) is 106 Å². The van der Waals surface area contributed by atoms with Crippen molar-refractivity contribution in [1.29, 1.82) is 0 Å². The first-order chi connectivity index (χ1) is 16.3. The van der Waals surface area contributed by atoms with Gasteiger partial charge in [-0.15, -0.1) is 0 Å². The number of halogens is 2. The molecule has 0 spiro atoms. The van der Waals surface area contributed by atoms with E-state index in [-0.39, 0.29) is 5.82 Å². The smallest absolute Gasteiger partial charge is 0.217 e. The van der Waals surface area contributed by atoms with Gasteiger partial charge in [0.05, 0.1) is 12.6 Å². The zero-order chi connectivity index (χ0) is 24.3. The van der Waals surface area contributed by atoms with Gasteiger partial charge in [-0.2, -0.15) is 0 Å². The fraction of sp³-hybridized carbons (Fsp3) is 0.250. The maximum absolute atomic E-state index is 13.8. The third-order valence-corrected chi connectivity index (χ3v) is 6.66. The molecule has 0 aliphatic carbocycles. The van der Waals surface area contributed by atoms with Crippen molar-refractivity contribution in [3.8, 4) is 5.88 Å². The van der Waals surface area contributed by atoms with Crippen LogP contribution in [0.5, 0.6) is 5.88 Å². The normalized spacial score (nSPS) is 14.2. The molecule has 0 bridgehead atoms. The lowest BCUT2D eigenvalue weighted by atomic mass is 9.71. The van der Waals surface area contributed by atoms with Crippen molar-refractivity contribution in [2.75, 3.05) is 27.7 Å². The molecule has 1 heterocycles. The average molecular weight is 523 g/mol. The standard InChI is InChI=1S/C28H28BrFN2O2/c1-32(2)16-15-28(33,21-9-12-23(30)13-10-21)26(19-7-5-4-6-8-19)24-18-20-17-22(29)11-14-25(20)31-27(24)34-3/h4-14,17-18,26,33H,15-16H2,1-3H3. The van der Waals surface area contributed by atoms with Gasteiger partial charge in [0.1, 0.15) is 11.4 Å². The lowest BCUT2D eigenvalue weighted by Gasteiger charge is -2.39. The Hall–Kier alpha value is -2.80. The van der Waals surface area contributed by atoms with Crippen LogP contribution in [-0.4, -0.2) is 42.7 Å². The van der Waals surface area contributed by atoms with Crippen LogP contribution in [0.1, 0.15) is 29.0 Å². The number of methoxy groups -OCH3 is 1. The highest BCUT2D eigenvalue weighted by Crippen LogP contribution is 2.47. The number of ether oxygens (including phenoxy) is 1. The minimum absolute atomic E-state index is 0.343. The predicted molar refractivity (Wildman–Crippen MR) is 138 cm³/mol. The van der Waals surface area contributed by atoms with Gasteiger partial charge in [0.25, 0.3) is 0 Å². The van der Waals surface area contributed by atoms with Crippen LogP contribution in [0, 0.1) is 5.82 Å². The fourth-order valence-corrected chi connectivity index (χ4v) is 4.84.